The first-order valence-electron chi connectivity index (χ1n) is 12.3. The number of likely N-dealkylation sites (tertiary alicyclic amines) is 1. The lowest BCUT2D eigenvalue weighted by molar-refractivity contribution is -0.127. The Hall–Kier alpha value is -4.33. The fourth-order valence-corrected chi connectivity index (χ4v) is 5.26. The molecule has 4 heterocycles. The maximum atomic E-state index is 15.1. The molecule has 12 nitrogen and oxygen atoms in total. The first-order valence-corrected chi connectivity index (χ1v) is 13.8. The molecule has 4 aromatic rings. The third kappa shape index (κ3) is 5.19. The minimum absolute atomic E-state index is 0.0146. The lowest BCUT2D eigenvalue weighted by atomic mass is 9.92. The molecule has 39 heavy (non-hydrogen) atoms. The van der Waals surface area contributed by atoms with Crippen molar-refractivity contribution >= 4 is 38.5 Å². The second kappa shape index (κ2) is 10.4. The summed E-state index contributed by atoms with van der Waals surface area (Å²) in [5.41, 5.74) is 1.42. The number of carbonyl (C=O) groups excluding carboxylic acids is 1. The molecule has 204 valence electrons. The van der Waals surface area contributed by atoms with Crippen molar-refractivity contribution in [1.82, 2.24) is 34.3 Å². The van der Waals surface area contributed by atoms with Gasteiger partial charge in [-0.1, -0.05) is 6.58 Å². The minimum Gasteiger partial charge on any atom is -0.437 e. The fourth-order valence-electron chi connectivity index (χ4n) is 4.40. The van der Waals surface area contributed by atoms with Crippen molar-refractivity contribution in [3.63, 3.8) is 0 Å². The summed E-state index contributed by atoms with van der Waals surface area (Å²) in [4.78, 5) is 22.3. The smallest absolute Gasteiger partial charge is 0.256 e. The van der Waals surface area contributed by atoms with Crippen LogP contribution in [0.15, 0.2) is 49.4 Å². The summed E-state index contributed by atoms with van der Waals surface area (Å²) < 4.78 is 46.0. The molecule has 0 saturated carbocycles. The van der Waals surface area contributed by atoms with Gasteiger partial charge in [0.05, 0.1) is 22.0 Å². The van der Waals surface area contributed by atoms with Gasteiger partial charge in [0.1, 0.15) is 23.7 Å². The van der Waals surface area contributed by atoms with Gasteiger partial charge in [0.15, 0.2) is 5.65 Å². The number of rotatable bonds is 8. The number of halogens is 1. The molecule has 0 atom stereocenters. The van der Waals surface area contributed by atoms with E-state index in [-0.39, 0.29) is 29.1 Å². The van der Waals surface area contributed by atoms with E-state index in [1.54, 1.807) is 18.7 Å². The summed E-state index contributed by atoms with van der Waals surface area (Å²) in [6.07, 6.45) is 5.38. The van der Waals surface area contributed by atoms with E-state index in [1.165, 1.54) is 42.9 Å². The molecule has 1 aliphatic heterocycles. The van der Waals surface area contributed by atoms with Crippen LogP contribution in [0.4, 0.5) is 15.9 Å². The number of piperidine rings is 1. The summed E-state index contributed by atoms with van der Waals surface area (Å²) in [6.45, 7) is 7.82. The summed E-state index contributed by atoms with van der Waals surface area (Å²) in [6, 6.07) is 5.57. The molecule has 1 saturated heterocycles. The number of ether oxygens (including phenoxy) is 1. The van der Waals surface area contributed by atoms with Gasteiger partial charge in [0, 0.05) is 37.3 Å². The van der Waals surface area contributed by atoms with Crippen molar-refractivity contribution in [3.8, 4) is 11.6 Å². The minimum atomic E-state index is -3.63. The zero-order valence-corrected chi connectivity index (χ0v) is 22.2. The third-order valence-corrected chi connectivity index (χ3v) is 8.50. The number of fused-ring (bicyclic) bond motifs is 1. The molecule has 0 radical (unpaired) electrons. The van der Waals surface area contributed by atoms with E-state index in [9.17, 15) is 13.2 Å². The molecule has 14 heteroatoms. The zero-order chi connectivity index (χ0) is 27.7. The number of carbonyl (C=O) groups is 1. The predicted molar refractivity (Wildman–Crippen MR) is 142 cm³/mol. The van der Waals surface area contributed by atoms with Crippen LogP contribution in [-0.4, -0.2) is 66.9 Å². The molecule has 5 rings (SSSR count). The molecule has 1 fully saturated rings. The Labute approximate surface area is 224 Å². The quantitative estimate of drug-likeness (QED) is 0.311. The van der Waals surface area contributed by atoms with Gasteiger partial charge in [-0.05, 0) is 44.9 Å². The SMILES string of the molecule is C=CC(=O)N1CCC(c2[nH]nc3ncnc(Nc4ccc(Oc5ccn(S(=O)(=O)C(C)C)n5)cc4F)c23)CC1. The Balaban J connectivity index is 1.34. The molecule has 0 unspecified atom stereocenters. The van der Waals surface area contributed by atoms with Crippen molar-refractivity contribution in [1.29, 1.82) is 0 Å². The van der Waals surface area contributed by atoms with Crippen molar-refractivity contribution in [2.45, 2.75) is 37.9 Å². The highest BCUT2D eigenvalue weighted by Crippen LogP contribution is 2.35. The average molecular weight is 555 g/mol. The van der Waals surface area contributed by atoms with Crippen LogP contribution >= 0.6 is 0 Å². The molecule has 0 aliphatic carbocycles. The van der Waals surface area contributed by atoms with Crippen LogP contribution in [0.25, 0.3) is 11.0 Å². The van der Waals surface area contributed by atoms with E-state index in [4.69, 9.17) is 4.74 Å². The van der Waals surface area contributed by atoms with Crippen molar-refractivity contribution in [3.05, 3.63) is 61.0 Å². The van der Waals surface area contributed by atoms with Crippen LogP contribution in [0.1, 0.15) is 38.3 Å². The zero-order valence-electron chi connectivity index (χ0n) is 21.3. The lowest BCUT2D eigenvalue weighted by Gasteiger charge is -2.31. The number of nitrogens with one attached hydrogen (secondary N) is 2. The van der Waals surface area contributed by atoms with Gasteiger partial charge in [0.25, 0.3) is 10.0 Å². The first kappa shape index (κ1) is 26.3. The van der Waals surface area contributed by atoms with Crippen LogP contribution in [0.3, 0.4) is 0 Å². The van der Waals surface area contributed by atoms with E-state index in [2.05, 4.69) is 37.2 Å². The Kier molecular flexibility index (Phi) is 7.04. The average Bonchev–Trinajstić information content (AvgIpc) is 3.58. The van der Waals surface area contributed by atoms with Gasteiger partial charge in [-0.2, -0.15) is 9.19 Å². The monoisotopic (exact) mass is 554 g/mol. The highest BCUT2D eigenvalue weighted by atomic mass is 32.2. The topological polar surface area (TPSA) is 148 Å². The van der Waals surface area contributed by atoms with E-state index in [1.807, 2.05) is 0 Å². The van der Waals surface area contributed by atoms with Crippen LogP contribution in [0.2, 0.25) is 0 Å². The number of hydrogen-bond acceptors (Lipinski definition) is 9. The number of anilines is 2. The Morgan fingerprint density at radius 2 is 2.03 bits per heavy atom. The molecule has 0 bridgehead atoms. The standard InChI is InChI=1S/C25H27FN8O4S/c1-4-21(35)33-10-7-16(8-11-33)23-22-24(27-14-28-25(22)31-30-23)29-19-6-5-17(13-18(19)26)38-20-9-12-34(32-20)39(36,37)15(2)3/h4-6,9,12-16H,1,7-8,10-11H2,2-3H3,(H2,27,28,29,30,31). The summed E-state index contributed by atoms with van der Waals surface area (Å²) >= 11 is 0. The second-order valence-corrected chi connectivity index (χ2v) is 11.7. The van der Waals surface area contributed by atoms with Crippen molar-refractivity contribution in [2.75, 3.05) is 18.4 Å². The van der Waals surface area contributed by atoms with Crippen LogP contribution < -0.4 is 10.1 Å². The molecule has 2 N–H and O–H groups in total. The number of H-pyrrole nitrogens is 1. The van der Waals surface area contributed by atoms with Crippen molar-refractivity contribution < 1.29 is 22.3 Å². The van der Waals surface area contributed by atoms with Gasteiger partial charge in [-0.25, -0.2) is 22.8 Å². The Morgan fingerprint density at radius 1 is 1.26 bits per heavy atom. The van der Waals surface area contributed by atoms with E-state index in [0.29, 0.717) is 29.9 Å². The normalized spacial score (nSPS) is 14.6. The van der Waals surface area contributed by atoms with Gasteiger partial charge < -0.3 is 15.0 Å². The van der Waals surface area contributed by atoms with Crippen LogP contribution in [-0.2, 0) is 14.8 Å². The van der Waals surface area contributed by atoms with Crippen molar-refractivity contribution in [2.24, 2.45) is 0 Å². The highest BCUT2D eigenvalue weighted by Gasteiger charge is 2.27. The number of aromatic nitrogens is 6. The third-order valence-electron chi connectivity index (χ3n) is 6.58. The van der Waals surface area contributed by atoms with Crippen LogP contribution in [0, 0.1) is 5.82 Å². The maximum absolute atomic E-state index is 15.1. The number of aromatic amines is 1. The summed E-state index contributed by atoms with van der Waals surface area (Å²) in [5.74, 6) is -0.0715. The first-order chi connectivity index (χ1) is 18.7. The number of hydrogen-bond donors (Lipinski definition) is 2. The second-order valence-electron chi connectivity index (χ2n) is 9.35. The summed E-state index contributed by atoms with van der Waals surface area (Å²) in [7, 11) is -3.63. The predicted octanol–water partition coefficient (Wildman–Crippen LogP) is 3.70. The van der Waals surface area contributed by atoms with Crippen LogP contribution in [0.5, 0.6) is 11.6 Å². The molecule has 1 amide bonds. The maximum Gasteiger partial charge on any atom is 0.256 e. The Bertz CT molecular complexity index is 1640. The van der Waals surface area contributed by atoms with E-state index < -0.39 is 21.1 Å². The van der Waals surface area contributed by atoms with Gasteiger partial charge in [0.2, 0.25) is 11.8 Å². The number of nitrogens with zero attached hydrogens (tertiary/aromatic N) is 6. The molecule has 1 aliphatic rings. The van der Waals surface area contributed by atoms with E-state index in [0.717, 1.165) is 22.6 Å². The number of amides is 1. The fraction of sp³-hybridized carbons (Fsp3) is 0.320. The summed E-state index contributed by atoms with van der Waals surface area (Å²) in [5, 5.41) is 14.3. The lowest BCUT2D eigenvalue weighted by Crippen LogP contribution is -2.36. The molecular formula is C25H27FN8O4S. The highest BCUT2D eigenvalue weighted by molar-refractivity contribution is 7.90. The Morgan fingerprint density at radius 3 is 2.72 bits per heavy atom. The van der Waals surface area contributed by atoms with Gasteiger partial charge >= 0.3 is 0 Å². The molecule has 3 aromatic heterocycles. The molecule has 1 aromatic carbocycles. The van der Waals surface area contributed by atoms with Gasteiger partial charge in [-0.3, -0.25) is 9.89 Å². The molecule has 0 spiro atoms. The van der Waals surface area contributed by atoms with Gasteiger partial charge in [-0.15, -0.1) is 5.10 Å². The molecular weight excluding hydrogens is 527 g/mol. The largest absolute Gasteiger partial charge is 0.437 e. The number of benzene rings is 1. The van der Waals surface area contributed by atoms with E-state index >= 15 is 4.39 Å².